The zero-order valence-corrected chi connectivity index (χ0v) is 13.2. The number of ether oxygens (including phenoxy) is 2. The molecular weight excluding hydrogens is 300 g/mol. The van der Waals surface area contributed by atoms with Gasteiger partial charge in [-0.25, -0.2) is 4.79 Å². The van der Waals surface area contributed by atoms with Crippen molar-refractivity contribution in [3.05, 3.63) is 59.7 Å². The van der Waals surface area contributed by atoms with Gasteiger partial charge < -0.3 is 9.47 Å². The molecule has 2 aromatic rings. The molecule has 0 unspecified atom stereocenters. The van der Waals surface area contributed by atoms with Gasteiger partial charge in [0.1, 0.15) is 11.5 Å². The average molecular weight is 316 g/mol. The lowest BCUT2D eigenvalue weighted by atomic mass is 10.2. The number of carbonyl (C=O) groups excluding carboxylic acids is 2. The molecule has 2 rings (SSSR count). The molecule has 0 fully saturated rings. The van der Waals surface area contributed by atoms with Gasteiger partial charge in [-0.3, -0.25) is 4.79 Å². The quantitative estimate of drug-likeness (QED) is 0.620. The molecule has 0 saturated heterocycles. The van der Waals surface area contributed by atoms with Crippen LogP contribution in [0.4, 0.5) is 4.79 Å². The van der Waals surface area contributed by atoms with E-state index in [1.54, 1.807) is 24.3 Å². The van der Waals surface area contributed by atoms with Gasteiger partial charge in [-0.05, 0) is 48.5 Å². The third-order valence-corrected chi connectivity index (χ3v) is 3.56. The van der Waals surface area contributed by atoms with Crippen LogP contribution in [0, 0.1) is 6.92 Å². The molecule has 0 atom stereocenters. The van der Waals surface area contributed by atoms with Crippen LogP contribution in [-0.2, 0) is 10.5 Å². The smallest absolute Gasteiger partial charge is 0.373 e. The summed E-state index contributed by atoms with van der Waals surface area (Å²) in [7, 11) is 0. The minimum atomic E-state index is -0.358. The summed E-state index contributed by atoms with van der Waals surface area (Å²) in [6, 6.07) is 14.3. The van der Waals surface area contributed by atoms with Crippen LogP contribution in [0.2, 0.25) is 0 Å². The number of hydrogen-bond donors (Lipinski definition) is 0. The lowest BCUT2D eigenvalue weighted by molar-refractivity contribution is -0.131. The molecule has 0 bridgehead atoms. The lowest BCUT2D eigenvalue weighted by Crippen LogP contribution is -2.02. The van der Waals surface area contributed by atoms with E-state index in [1.165, 1.54) is 6.92 Å². The van der Waals surface area contributed by atoms with Gasteiger partial charge in [0.2, 0.25) is 0 Å². The SMILES string of the molecule is CC(=O)Oc1ccc(CSC(=O)Oc2ccc(C)cc2)cc1. The van der Waals surface area contributed by atoms with Crippen LogP contribution in [0.15, 0.2) is 48.5 Å². The molecule has 22 heavy (non-hydrogen) atoms. The van der Waals surface area contributed by atoms with Crippen molar-refractivity contribution in [3.8, 4) is 11.5 Å². The molecule has 0 spiro atoms. The molecule has 0 aliphatic heterocycles. The predicted octanol–water partition coefficient (Wildman–Crippen LogP) is 4.35. The van der Waals surface area contributed by atoms with Gasteiger partial charge in [0.15, 0.2) is 0 Å². The molecule has 0 radical (unpaired) electrons. The molecule has 114 valence electrons. The number of benzene rings is 2. The van der Waals surface area contributed by atoms with Crippen molar-refractivity contribution in [1.29, 1.82) is 0 Å². The molecule has 5 heteroatoms. The number of esters is 1. The van der Waals surface area contributed by atoms with Crippen LogP contribution >= 0.6 is 11.8 Å². The summed E-state index contributed by atoms with van der Waals surface area (Å²) in [5, 5.41) is -0.354. The third-order valence-electron chi connectivity index (χ3n) is 2.76. The van der Waals surface area contributed by atoms with Gasteiger partial charge in [-0.2, -0.15) is 0 Å². The summed E-state index contributed by atoms with van der Waals surface area (Å²) in [4.78, 5) is 22.6. The maximum atomic E-state index is 11.8. The van der Waals surface area contributed by atoms with Gasteiger partial charge in [-0.15, -0.1) is 0 Å². The summed E-state index contributed by atoms with van der Waals surface area (Å²) in [6.07, 6.45) is 0. The van der Waals surface area contributed by atoms with Crippen molar-refractivity contribution in [1.82, 2.24) is 0 Å². The summed E-state index contributed by atoms with van der Waals surface area (Å²) in [5.74, 6) is 1.16. The third kappa shape index (κ3) is 5.26. The van der Waals surface area contributed by atoms with E-state index >= 15 is 0 Å². The Morgan fingerprint density at radius 1 is 0.909 bits per heavy atom. The van der Waals surface area contributed by atoms with Crippen LogP contribution in [0.25, 0.3) is 0 Å². The minimum absolute atomic E-state index is 0.354. The van der Waals surface area contributed by atoms with Gasteiger partial charge in [-0.1, -0.05) is 29.8 Å². The first-order chi connectivity index (χ1) is 10.5. The van der Waals surface area contributed by atoms with Crippen LogP contribution in [0.3, 0.4) is 0 Å². The van der Waals surface area contributed by atoms with E-state index in [2.05, 4.69) is 0 Å². The summed E-state index contributed by atoms with van der Waals surface area (Å²) < 4.78 is 10.2. The fourth-order valence-corrected chi connectivity index (χ4v) is 2.33. The van der Waals surface area contributed by atoms with Crippen LogP contribution in [0.5, 0.6) is 11.5 Å². The summed E-state index contributed by atoms with van der Waals surface area (Å²) >= 11 is 1.08. The van der Waals surface area contributed by atoms with Crippen molar-refractivity contribution < 1.29 is 19.1 Å². The predicted molar refractivity (Wildman–Crippen MR) is 86.2 cm³/mol. The Morgan fingerprint density at radius 2 is 1.45 bits per heavy atom. The van der Waals surface area contributed by atoms with Gasteiger partial charge in [0, 0.05) is 12.7 Å². The molecule has 0 aromatic heterocycles. The first kappa shape index (κ1) is 16.1. The Hall–Kier alpha value is -2.27. The van der Waals surface area contributed by atoms with Crippen molar-refractivity contribution in [2.75, 3.05) is 0 Å². The van der Waals surface area contributed by atoms with Crippen LogP contribution in [-0.4, -0.2) is 11.3 Å². The van der Waals surface area contributed by atoms with Crippen molar-refractivity contribution >= 4 is 23.0 Å². The van der Waals surface area contributed by atoms with Crippen molar-refractivity contribution in [3.63, 3.8) is 0 Å². The summed E-state index contributed by atoms with van der Waals surface area (Å²) in [6.45, 7) is 3.32. The summed E-state index contributed by atoms with van der Waals surface area (Å²) in [5.41, 5.74) is 2.06. The van der Waals surface area contributed by atoms with E-state index < -0.39 is 0 Å². The number of rotatable bonds is 4. The van der Waals surface area contributed by atoms with Crippen molar-refractivity contribution in [2.45, 2.75) is 19.6 Å². The maximum Gasteiger partial charge on any atom is 0.373 e. The molecule has 0 saturated carbocycles. The Balaban J connectivity index is 1.83. The highest BCUT2D eigenvalue weighted by atomic mass is 32.2. The zero-order chi connectivity index (χ0) is 15.9. The second-order valence-electron chi connectivity index (χ2n) is 4.69. The Labute approximate surface area is 133 Å². The molecular formula is C17H16O4S. The number of aryl methyl sites for hydroxylation is 1. The van der Waals surface area contributed by atoms with E-state index in [0.29, 0.717) is 17.3 Å². The number of hydrogen-bond acceptors (Lipinski definition) is 5. The Kier molecular flexibility index (Phi) is 5.61. The monoisotopic (exact) mass is 316 g/mol. The second kappa shape index (κ2) is 7.66. The standard InChI is InChI=1S/C17H16O4S/c1-12-3-7-16(8-4-12)21-17(19)22-11-14-5-9-15(10-6-14)20-13(2)18/h3-10H,11H2,1-2H3. The first-order valence-electron chi connectivity index (χ1n) is 6.71. The van der Waals surface area contributed by atoms with E-state index in [4.69, 9.17) is 9.47 Å². The number of thioether (sulfide) groups is 1. The highest BCUT2D eigenvalue weighted by Crippen LogP contribution is 2.20. The molecule has 0 aliphatic rings. The van der Waals surface area contributed by atoms with E-state index in [0.717, 1.165) is 22.9 Å². The topological polar surface area (TPSA) is 52.6 Å². The molecule has 4 nitrogen and oxygen atoms in total. The van der Waals surface area contributed by atoms with Crippen LogP contribution < -0.4 is 9.47 Å². The highest BCUT2D eigenvalue weighted by molar-refractivity contribution is 8.12. The van der Waals surface area contributed by atoms with Crippen LogP contribution in [0.1, 0.15) is 18.1 Å². The van der Waals surface area contributed by atoms with E-state index in [-0.39, 0.29) is 11.3 Å². The Morgan fingerprint density at radius 3 is 2.05 bits per heavy atom. The average Bonchev–Trinajstić information content (AvgIpc) is 2.48. The normalized spacial score (nSPS) is 10.1. The molecule has 0 aliphatic carbocycles. The lowest BCUT2D eigenvalue weighted by Gasteiger charge is -2.05. The van der Waals surface area contributed by atoms with Gasteiger partial charge >= 0.3 is 11.3 Å². The Bertz CT molecular complexity index is 647. The largest absolute Gasteiger partial charge is 0.427 e. The molecule has 2 aromatic carbocycles. The van der Waals surface area contributed by atoms with E-state index in [1.807, 2.05) is 31.2 Å². The highest BCUT2D eigenvalue weighted by Gasteiger charge is 2.07. The molecule has 0 heterocycles. The van der Waals surface area contributed by atoms with Gasteiger partial charge in [0.25, 0.3) is 0 Å². The first-order valence-corrected chi connectivity index (χ1v) is 7.70. The molecule has 0 N–H and O–H groups in total. The fourth-order valence-electron chi connectivity index (χ4n) is 1.69. The maximum absolute atomic E-state index is 11.8. The van der Waals surface area contributed by atoms with E-state index in [9.17, 15) is 9.59 Å². The molecule has 0 amide bonds. The second-order valence-corrected chi connectivity index (χ2v) is 5.60. The zero-order valence-electron chi connectivity index (χ0n) is 12.4. The fraction of sp³-hybridized carbons (Fsp3) is 0.176. The minimum Gasteiger partial charge on any atom is -0.427 e. The number of carbonyl (C=O) groups is 2. The van der Waals surface area contributed by atoms with Gasteiger partial charge in [0.05, 0.1) is 0 Å². The van der Waals surface area contributed by atoms with Crippen molar-refractivity contribution in [2.24, 2.45) is 0 Å².